The van der Waals surface area contributed by atoms with Crippen molar-refractivity contribution < 1.29 is 16.8 Å². The lowest BCUT2D eigenvalue weighted by atomic mass is 10.2. The van der Waals surface area contributed by atoms with Crippen molar-refractivity contribution in [3.63, 3.8) is 0 Å². The molecule has 2 rings (SSSR count). The zero-order chi connectivity index (χ0) is 16.2. The van der Waals surface area contributed by atoms with E-state index < -0.39 is 20.0 Å². The van der Waals surface area contributed by atoms with Gasteiger partial charge in [0.2, 0.25) is 20.0 Å². The molecule has 1 aromatic rings. The van der Waals surface area contributed by atoms with Gasteiger partial charge in [-0.2, -0.15) is 0 Å². The predicted octanol–water partition coefficient (Wildman–Crippen LogP) is 0.829. The molecule has 0 saturated carbocycles. The van der Waals surface area contributed by atoms with Gasteiger partial charge in [-0.25, -0.2) is 30.8 Å². The Kier molecular flexibility index (Phi) is 5.78. The minimum absolute atomic E-state index is 0.0488. The van der Waals surface area contributed by atoms with E-state index in [1.54, 1.807) is 0 Å². The van der Waals surface area contributed by atoms with Crippen LogP contribution in [0.1, 0.15) is 19.3 Å². The lowest BCUT2D eigenvalue weighted by Crippen LogP contribution is -2.40. The van der Waals surface area contributed by atoms with Crippen LogP contribution in [-0.2, 0) is 20.0 Å². The first-order valence-electron chi connectivity index (χ1n) is 6.90. The number of piperidine rings is 1. The van der Waals surface area contributed by atoms with Crippen molar-refractivity contribution in [2.45, 2.75) is 24.2 Å². The summed E-state index contributed by atoms with van der Waals surface area (Å²) in [5.74, 6) is -0.257. The van der Waals surface area contributed by atoms with Crippen molar-refractivity contribution in [1.29, 1.82) is 0 Å². The highest BCUT2D eigenvalue weighted by Gasteiger charge is 2.24. The third kappa shape index (κ3) is 4.63. The Balaban J connectivity index is 1.93. The fourth-order valence-corrected chi connectivity index (χ4v) is 4.83. The van der Waals surface area contributed by atoms with Crippen LogP contribution in [0, 0.1) is 0 Å². The highest BCUT2D eigenvalue weighted by atomic mass is 35.5. The summed E-state index contributed by atoms with van der Waals surface area (Å²) in [7, 11) is -7.21. The number of pyridine rings is 1. The molecule has 0 amide bonds. The normalized spacial score (nSPS) is 17.5. The van der Waals surface area contributed by atoms with E-state index in [9.17, 15) is 16.8 Å². The van der Waals surface area contributed by atoms with Crippen LogP contribution in [0.3, 0.4) is 0 Å². The molecule has 10 heteroatoms. The van der Waals surface area contributed by atoms with Gasteiger partial charge in [0.25, 0.3) is 0 Å². The maximum Gasteiger partial charge on any atom is 0.242 e. The van der Waals surface area contributed by atoms with Crippen molar-refractivity contribution in [3.8, 4) is 0 Å². The van der Waals surface area contributed by atoms with Gasteiger partial charge in [0.05, 0.1) is 5.75 Å². The molecule has 7 nitrogen and oxygen atoms in total. The SMILES string of the molecule is O=S(=O)(NCCS(=O)(=O)N1CCCCC1)c1ccc(Cl)nc1. The van der Waals surface area contributed by atoms with Crippen LogP contribution < -0.4 is 4.72 Å². The van der Waals surface area contributed by atoms with Gasteiger partial charge in [0, 0.05) is 25.8 Å². The molecule has 0 spiro atoms. The maximum absolute atomic E-state index is 12.1. The van der Waals surface area contributed by atoms with Crippen molar-refractivity contribution in [2.24, 2.45) is 0 Å². The third-order valence-corrected chi connectivity index (χ3v) is 6.91. The number of hydrogen-bond donors (Lipinski definition) is 1. The van der Waals surface area contributed by atoms with Gasteiger partial charge in [-0.15, -0.1) is 0 Å². The van der Waals surface area contributed by atoms with Crippen LogP contribution in [0.25, 0.3) is 0 Å². The molecule has 124 valence electrons. The summed E-state index contributed by atoms with van der Waals surface area (Å²) in [6.45, 7) is 0.843. The number of aromatic nitrogens is 1. The molecule has 22 heavy (non-hydrogen) atoms. The molecular formula is C12H18ClN3O4S2. The first kappa shape index (κ1) is 17.6. The Hall–Kier alpha value is -0.740. The molecule has 2 heterocycles. The number of rotatable bonds is 6. The highest BCUT2D eigenvalue weighted by Crippen LogP contribution is 2.14. The van der Waals surface area contributed by atoms with Gasteiger partial charge < -0.3 is 0 Å². The summed E-state index contributed by atoms with van der Waals surface area (Å²) in [5.41, 5.74) is 0. The van der Waals surface area contributed by atoms with Gasteiger partial charge in [-0.3, -0.25) is 0 Å². The molecule has 1 aromatic heterocycles. The number of halogens is 1. The second-order valence-electron chi connectivity index (χ2n) is 4.99. The summed E-state index contributed by atoms with van der Waals surface area (Å²) in [6, 6.07) is 2.68. The number of sulfonamides is 2. The second-order valence-corrected chi connectivity index (χ2v) is 9.23. The van der Waals surface area contributed by atoms with E-state index in [2.05, 4.69) is 9.71 Å². The minimum Gasteiger partial charge on any atom is -0.243 e. The van der Waals surface area contributed by atoms with Crippen LogP contribution in [0.4, 0.5) is 0 Å². The van der Waals surface area contributed by atoms with Crippen LogP contribution >= 0.6 is 11.6 Å². The highest BCUT2D eigenvalue weighted by molar-refractivity contribution is 7.90. The molecule has 1 aliphatic heterocycles. The third-order valence-electron chi connectivity index (χ3n) is 3.37. The van der Waals surface area contributed by atoms with Gasteiger partial charge >= 0.3 is 0 Å². The van der Waals surface area contributed by atoms with E-state index in [0.29, 0.717) is 13.1 Å². The van der Waals surface area contributed by atoms with E-state index in [1.165, 1.54) is 16.4 Å². The van der Waals surface area contributed by atoms with Gasteiger partial charge in [-0.1, -0.05) is 18.0 Å². The topological polar surface area (TPSA) is 96.4 Å². The standard InChI is InChI=1S/C12H18ClN3O4S2/c13-12-5-4-11(10-14-12)22(19,20)15-6-9-21(17,18)16-7-2-1-3-8-16/h4-5,10,15H,1-3,6-9H2. The predicted molar refractivity (Wildman–Crippen MR) is 83.6 cm³/mol. The van der Waals surface area contributed by atoms with E-state index in [-0.39, 0.29) is 22.3 Å². The molecule has 1 fully saturated rings. The Morgan fingerprint density at radius 1 is 1.14 bits per heavy atom. The molecule has 1 N–H and O–H groups in total. The van der Waals surface area contributed by atoms with Crippen LogP contribution in [0.15, 0.2) is 23.2 Å². The van der Waals surface area contributed by atoms with Gasteiger partial charge in [0.1, 0.15) is 10.0 Å². The first-order chi connectivity index (χ1) is 10.3. The van der Waals surface area contributed by atoms with Crippen LogP contribution in [0.2, 0.25) is 5.15 Å². The fourth-order valence-electron chi connectivity index (χ4n) is 2.18. The molecule has 1 saturated heterocycles. The van der Waals surface area contributed by atoms with Crippen molar-refractivity contribution in [1.82, 2.24) is 14.0 Å². The molecule has 0 bridgehead atoms. The van der Waals surface area contributed by atoms with Crippen LogP contribution in [0.5, 0.6) is 0 Å². The van der Waals surface area contributed by atoms with Gasteiger partial charge in [0.15, 0.2) is 0 Å². The first-order valence-corrected chi connectivity index (χ1v) is 10.4. The summed E-state index contributed by atoms with van der Waals surface area (Å²) >= 11 is 5.60. The Morgan fingerprint density at radius 3 is 2.41 bits per heavy atom. The van der Waals surface area contributed by atoms with Crippen LogP contribution in [-0.4, -0.2) is 51.5 Å². The zero-order valence-corrected chi connectivity index (χ0v) is 14.3. The van der Waals surface area contributed by atoms with Crippen molar-refractivity contribution >= 4 is 31.6 Å². The number of nitrogens with one attached hydrogen (secondary N) is 1. The summed E-state index contributed by atoms with van der Waals surface area (Å²) in [5, 5.41) is 0.187. The molecule has 1 aliphatic rings. The Morgan fingerprint density at radius 2 is 1.82 bits per heavy atom. The summed E-state index contributed by atoms with van der Waals surface area (Å²) in [4.78, 5) is 3.65. The molecule has 0 aliphatic carbocycles. The molecular weight excluding hydrogens is 350 g/mol. The Labute approximate surface area is 135 Å². The lowest BCUT2D eigenvalue weighted by molar-refractivity contribution is 0.346. The molecule has 0 aromatic carbocycles. The monoisotopic (exact) mass is 367 g/mol. The number of hydrogen-bond acceptors (Lipinski definition) is 5. The number of nitrogens with zero attached hydrogens (tertiary/aromatic N) is 2. The van der Waals surface area contributed by atoms with E-state index in [0.717, 1.165) is 25.5 Å². The van der Waals surface area contributed by atoms with E-state index in [1.807, 2.05) is 0 Å². The quantitative estimate of drug-likeness (QED) is 0.751. The minimum atomic E-state index is -3.78. The van der Waals surface area contributed by atoms with Gasteiger partial charge in [-0.05, 0) is 25.0 Å². The lowest BCUT2D eigenvalue weighted by Gasteiger charge is -2.25. The summed E-state index contributed by atoms with van der Waals surface area (Å²) < 4.78 is 51.9. The Bertz CT molecular complexity index is 698. The molecule has 0 atom stereocenters. The average Bonchev–Trinajstić information content (AvgIpc) is 2.48. The van der Waals surface area contributed by atoms with Crippen molar-refractivity contribution in [3.05, 3.63) is 23.5 Å². The second kappa shape index (κ2) is 7.22. The maximum atomic E-state index is 12.1. The molecule has 0 radical (unpaired) electrons. The largest absolute Gasteiger partial charge is 0.243 e. The zero-order valence-electron chi connectivity index (χ0n) is 11.9. The van der Waals surface area contributed by atoms with E-state index >= 15 is 0 Å². The summed E-state index contributed by atoms with van der Waals surface area (Å²) in [6.07, 6.45) is 3.86. The van der Waals surface area contributed by atoms with Crippen molar-refractivity contribution in [2.75, 3.05) is 25.4 Å². The average molecular weight is 368 g/mol. The molecule has 0 unspecified atom stereocenters. The smallest absolute Gasteiger partial charge is 0.242 e. The van der Waals surface area contributed by atoms with E-state index in [4.69, 9.17) is 11.6 Å². The fraction of sp³-hybridized carbons (Fsp3) is 0.583.